The van der Waals surface area contributed by atoms with Crippen LogP contribution in [0, 0.1) is 0 Å². The Morgan fingerprint density at radius 2 is 1.76 bits per heavy atom. The van der Waals surface area contributed by atoms with Gasteiger partial charge in [-0.3, -0.25) is 4.79 Å². The van der Waals surface area contributed by atoms with E-state index in [-0.39, 0.29) is 5.91 Å². The van der Waals surface area contributed by atoms with E-state index in [1.165, 1.54) is 5.56 Å². The molecular weight excluding hydrogens is 280 g/mol. The van der Waals surface area contributed by atoms with Gasteiger partial charge in [0.2, 0.25) is 0 Å². The van der Waals surface area contributed by atoms with Crippen LogP contribution in [0.3, 0.4) is 0 Å². The highest BCUT2D eigenvalue weighted by Gasteiger charge is 2.14. The van der Waals surface area contributed by atoms with E-state index >= 15 is 0 Å². The van der Waals surface area contributed by atoms with Crippen molar-refractivity contribution in [3.63, 3.8) is 0 Å². The Morgan fingerprint density at radius 1 is 1.14 bits per heavy atom. The molecule has 0 spiro atoms. The lowest BCUT2D eigenvalue weighted by atomic mass is 10.1. The van der Waals surface area contributed by atoms with Gasteiger partial charge in [0.05, 0.1) is 0 Å². The number of thiocarbonyl (C=S) groups is 1. The first-order valence-corrected chi connectivity index (χ1v) is 7.20. The van der Waals surface area contributed by atoms with E-state index in [1.807, 2.05) is 24.3 Å². The molecule has 21 heavy (non-hydrogen) atoms. The maximum Gasteiger partial charge on any atom is 0.258 e. The van der Waals surface area contributed by atoms with Crippen LogP contribution in [0.25, 0.3) is 0 Å². The molecule has 0 aliphatic rings. The summed E-state index contributed by atoms with van der Waals surface area (Å²) < 4.78 is 0. The van der Waals surface area contributed by atoms with Gasteiger partial charge in [0.25, 0.3) is 5.91 Å². The summed E-state index contributed by atoms with van der Waals surface area (Å²) in [5.41, 5.74) is 8.98. The maximum atomic E-state index is 12.5. The van der Waals surface area contributed by atoms with E-state index in [4.69, 9.17) is 18.0 Å². The third-order valence-corrected chi connectivity index (χ3v) is 3.67. The zero-order chi connectivity index (χ0) is 15.4. The second kappa shape index (κ2) is 6.50. The van der Waals surface area contributed by atoms with Crippen LogP contribution in [0.2, 0.25) is 0 Å². The highest BCUT2D eigenvalue weighted by molar-refractivity contribution is 7.80. The molecule has 0 aliphatic heterocycles. The molecule has 0 saturated carbocycles. The van der Waals surface area contributed by atoms with Gasteiger partial charge in [-0.1, -0.05) is 43.4 Å². The van der Waals surface area contributed by atoms with E-state index in [2.05, 4.69) is 6.92 Å². The minimum Gasteiger partial charge on any atom is -0.389 e. The summed E-state index contributed by atoms with van der Waals surface area (Å²) in [6, 6.07) is 15.0. The number of benzene rings is 2. The molecule has 0 unspecified atom stereocenters. The molecule has 0 aromatic heterocycles. The molecule has 2 rings (SSSR count). The van der Waals surface area contributed by atoms with Gasteiger partial charge in [-0.05, 0) is 36.2 Å². The Hall–Kier alpha value is -2.20. The summed E-state index contributed by atoms with van der Waals surface area (Å²) in [6.07, 6.45) is 0.980. The van der Waals surface area contributed by atoms with Crippen LogP contribution in [0.15, 0.2) is 48.5 Å². The second-order valence-corrected chi connectivity index (χ2v) is 5.27. The van der Waals surface area contributed by atoms with Crippen LogP contribution in [0.4, 0.5) is 5.69 Å². The minimum absolute atomic E-state index is 0.0858. The average molecular weight is 298 g/mol. The zero-order valence-electron chi connectivity index (χ0n) is 12.2. The molecule has 2 aromatic rings. The first-order chi connectivity index (χ1) is 10.0. The fourth-order valence-electron chi connectivity index (χ4n) is 2.07. The predicted octanol–water partition coefficient (Wildman–Crippen LogP) is 3.16. The van der Waals surface area contributed by atoms with Crippen molar-refractivity contribution in [3.8, 4) is 0 Å². The summed E-state index contributed by atoms with van der Waals surface area (Å²) in [7, 11) is 1.76. The first-order valence-electron chi connectivity index (χ1n) is 6.79. The number of hydrogen-bond donors (Lipinski definition) is 1. The molecule has 2 aromatic carbocycles. The second-order valence-electron chi connectivity index (χ2n) is 4.83. The quantitative estimate of drug-likeness (QED) is 0.882. The topological polar surface area (TPSA) is 46.3 Å². The van der Waals surface area contributed by atoms with Crippen LogP contribution >= 0.6 is 12.2 Å². The Balaban J connectivity index is 2.25. The van der Waals surface area contributed by atoms with Crippen molar-refractivity contribution in [1.29, 1.82) is 0 Å². The monoisotopic (exact) mass is 298 g/mol. The van der Waals surface area contributed by atoms with Gasteiger partial charge in [-0.15, -0.1) is 0 Å². The molecule has 0 atom stereocenters. The highest BCUT2D eigenvalue weighted by Crippen LogP contribution is 2.17. The Labute approximate surface area is 130 Å². The van der Waals surface area contributed by atoms with Crippen LogP contribution in [0.5, 0.6) is 0 Å². The molecule has 0 bridgehead atoms. The standard InChI is InChI=1S/C17H18N2OS/c1-3-12-7-9-15(10-8-12)19(2)17(20)14-6-4-5-13(11-14)16(18)21/h4-11H,3H2,1-2H3,(H2,18,21). The Morgan fingerprint density at radius 3 is 2.33 bits per heavy atom. The van der Waals surface area contributed by atoms with Crippen LogP contribution in [-0.2, 0) is 6.42 Å². The molecule has 0 heterocycles. The molecule has 0 fully saturated rings. The van der Waals surface area contributed by atoms with Gasteiger partial charge in [0.1, 0.15) is 4.99 Å². The lowest BCUT2D eigenvalue weighted by Crippen LogP contribution is -2.26. The molecule has 0 aliphatic carbocycles. The van der Waals surface area contributed by atoms with E-state index in [0.29, 0.717) is 16.1 Å². The van der Waals surface area contributed by atoms with Gasteiger partial charge in [0.15, 0.2) is 0 Å². The molecule has 2 N–H and O–H groups in total. The molecule has 4 heteroatoms. The van der Waals surface area contributed by atoms with Crippen LogP contribution in [-0.4, -0.2) is 17.9 Å². The normalized spacial score (nSPS) is 10.2. The van der Waals surface area contributed by atoms with Crippen molar-refractivity contribution < 1.29 is 4.79 Å². The van der Waals surface area contributed by atoms with Gasteiger partial charge in [0, 0.05) is 23.9 Å². The summed E-state index contributed by atoms with van der Waals surface area (Å²) in [5, 5.41) is 0. The molecule has 1 amide bonds. The number of carbonyl (C=O) groups is 1. The summed E-state index contributed by atoms with van der Waals surface area (Å²) in [4.78, 5) is 14.4. The number of aryl methyl sites for hydroxylation is 1. The molecular formula is C17H18N2OS. The van der Waals surface area contributed by atoms with E-state index in [1.54, 1.807) is 36.2 Å². The Bertz CT molecular complexity index is 665. The third-order valence-electron chi connectivity index (χ3n) is 3.43. The van der Waals surface area contributed by atoms with Crippen LogP contribution in [0.1, 0.15) is 28.4 Å². The number of nitrogens with zero attached hydrogens (tertiary/aromatic N) is 1. The number of hydrogen-bond acceptors (Lipinski definition) is 2. The third kappa shape index (κ3) is 3.47. The van der Waals surface area contributed by atoms with Crippen LogP contribution < -0.4 is 10.6 Å². The fraction of sp³-hybridized carbons (Fsp3) is 0.176. The van der Waals surface area contributed by atoms with Crippen molar-refractivity contribution >= 4 is 28.8 Å². The van der Waals surface area contributed by atoms with Crippen molar-refractivity contribution in [2.45, 2.75) is 13.3 Å². The Kier molecular flexibility index (Phi) is 4.70. The van der Waals surface area contributed by atoms with E-state index in [9.17, 15) is 4.79 Å². The number of amides is 1. The van der Waals surface area contributed by atoms with E-state index in [0.717, 1.165) is 12.1 Å². The minimum atomic E-state index is -0.0858. The number of anilines is 1. The average Bonchev–Trinajstić information content (AvgIpc) is 2.53. The number of rotatable bonds is 4. The van der Waals surface area contributed by atoms with Crippen molar-refractivity contribution in [2.75, 3.05) is 11.9 Å². The van der Waals surface area contributed by atoms with Gasteiger partial charge < -0.3 is 10.6 Å². The van der Waals surface area contributed by atoms with Crippen molar-refractivity contribution in [2.24, 2.45) is 5.73 Å². The van der Waals surface area contributed by atoms with Crippen molar-refractivity contribution in [3.05, 3.63) is 65.2 Å². The zero-order valence-corrected chi connectivity index (χ0v) is 13.0. The van der Waals surface area contributed by atoms with Crippen molar-refractivity contribution in [1.82, 2.24) is 0 Å². The largest absolute Gasteiger partial charge is 0.389 e. The fourth-order valence-corrected chi connectivity index (χ4v) is 2.20. The maximum absolute atomic E-state index is 12.5. The first kappa shape index (κ1) is 15.2. The smallest absolute Gasteiger partial charge is 0.258 e. The molecule has 108 valence electrons. The summed E-state index contributed by atoms with van der Waals surface area (Å²) in [6.45, 7) is 2.10. The van der Waals surface area contributed by atoms with Gasteiger partial charge >= 0.3 is 0 Å². The predicted molar refractivity (Wildman–Crippen MR) is 90.9 cm³/mol. The summed E-state index contributed by atoms with van der Waals surface area (Å²) in [5.74, 6) is -0.0858. The summed E-state index contributed by atoms with van der Waals surface area (Å²) >= 11 is 4.95. The van der Waals surface area contributed by atoms with Gasteiger partial charge in [-0.2, -0.15) is 0 Å². The molecule has 0 radical (unpaired) electrons. The number of nitrogens with two attached hydrogens (primary N) is 1. The molecule has 3 nitrogen and oxygen atoms in total. The van der Waals surface area contributed by atoms with E-state index < -0.39 is 0 Å². The SMILES string of the molecule is CCc1ccc(N(C)C(=O)c2cccc(C(N)=S)c2)cc1. The number of carbonyl (C=O) groups excluding carboxylic acids is 1. The molecule has 0 saturated heterocycles. The lowest BCUT2D eigenvalue weighted by molar-refractivity contribution is 0.0993. The lowest BCUT2D eigenvalue weighted by Gasteiger charge is -2.18. The van der Waals surface area contributed by atoms with Gasteiger partial charge in [-0.25, -0.2) is 0 Å². The highest BCUT2D eigenvalue weighted by atomic mass is 32.1.